The zero-order valence-electron chi connectivity index (χ0n) is 19.7. The molecule has 3 aromatic rings. The summed E-state index contributed by atoms with van der Waals surface area (Å²) >= 11 is 0. The quantitative estimate of drug-likeness (QED) is 0.459. The maximum absolute atomic E-state index is 12.2. The van der Waals surface area contributed by atoms with Gasteiger partial charge in [-0.1, -0.05) is 12.1 Å². The first kappa shape index (κ1) is 24.0. The van der Waals surface area contributed by atoms with Crippen molar-refractivity contribution in [2.75, 3.05) is 17.7 Å². The standard InChI is InChI=1S/C26H28N4O5/c1-17(31)34-23-11-13-24(14-12-23)35-26-27-15-19(16-28-26)18-3-5-20(6-4-18)29-25(32)30-21-7-9-22(33-2)10-8-21/h3-10,15-16,23-24H,11-14H2,1-2H3,(H2,29,30,32). The van der Waals surface area contributed by atoms with Crippen LogP contribution in [0.2, 0.25) is 0 Å². The molecule has 0 spiro atoms. The topological polar surface area (TPSA) is 112 Å². The molecule has 0 bridgehead atoms. The van der Waals surface area contributed by atoms with Crippen LogP contribution in [0.5, 0.6) is 11.8 Å². The fourth-order valence-corrected chi connectivity index (χ4v) is 3.89. The van der Waals surface area contributed by atoms with Crippen molar-refractivity contribution in [2.45, 2.75) is 44.8 Å². The van der Waals surface area contributed by atoms with Gasteiger partial charge in [0, 0.05) is 36.3 Å². The lowest BCUT2D eigenvalue weighted by molar-refractivity contribution is -0.148. The van der Waals surface area contributed by atoms with E-state index in [9.17, 15) is 9.59 Å². The molecule has 0 radical (unpaired) electrons. The molecular formula is C26H28N4O5. The van der Waals surface area contributed by atoms with Crippen LogP contribution in [-0.2, 0) is 9.53 Å². The molecule has 9 heteroatoms. The largest absolute Gasteiger partial charge is 0.497 e. The Labute approximate surface area is 203 Å². The van der Waals surface area contributed by atoms with Crippen molar-refractivity contribution >= 4 is 23.4 Å². The van der Waals surface area contributed by atoms with Crippen LogP contribution in [0.3, 0.4) is 0 Å². The van der Waals surface area contributed by atoms with Gasteiger partial charge in [0.15, 0.2) is 0 Å². The van der Waals surface area contributed by atoms with E-state index in [1.165, 1.54) is 6.92 Å². The van der Waals surface area contributed by atoms with Gasteiger partial charge < -0.3 is 24.8 Å². The van der Waals surface area contributed by atoms with Gasteiger partial charge in [-0.25, -0.2) is 14.8 Å². The number of hydrogen-bond donors (Lipinski definition) is 2. The van der Waals surface area contributed by atoms with Gasteiger partial charge in [0.2, 0.25) is 0 Å². The first-order chi connectivity index (χ1) is 17.0. The summed E-state index contributed by atoms with van der Waals surface area (Å²) in [6, 6.07) is 14.5. The fourth-order valence-electron chi connectivity index (χ4n) is 3.89. The molecule has 0 saturated heterocycles. The van der Waals surface area contributed by atoms with Crippen molar-refractivity contribution in [3.8, 4) is 22.9 Å². The summed E-state index contributed by atoms with van der Waals surface area (Å²) in [5.41, 5.74) is 3.08. The van der Waals surface area contributed by atoms with E-state index in [1.54, 1.807) is 43.8 Å². The number of benzene rings is 2. The second kappa shape index (κ2) is 11.3. The highest BCUT2D eigenvalue weighted by Crippen LogP contribution is 2.26. The number of aromatic nitrogens is 2. The van der Waals surface area contributed by atoms with E-state index in [2.05, 4.69) is 20.6 Å². The Balaban J connectivity index is 1.27. The number of nitrogens with one attached hydrogen (secondary N) is 2. The molecule has 0 atom stereocenters. The lowest BCUT2D eigenvalue weighted by atomic mass is 9.95. The van der Waals surface area contributed by atoms with Crippen molar-refractivity contribution in [3.05, 3.63) is 60.9 Å². The summed E-state index contributed by atoms with van der Waals surface area (Å²) in [7, 11) is 1.59. The molecule has 1 heterocycles. The van der Waals surface area contributed by atoms with E-state index >= 15 is 0 Å². The maximum Gasteiger partial charge on any atom is 0.323 e. The van der Waals surface area contributed by atoms with E-state index in [0.29, 0.717) is 17.4 Å². The van der Waals surface area contributed by atoms with Gasteiger partial charge in [0.1, 0.15) is 18.0 Å². The van der Waals surface area contributed by atoms with Crippen molar-refractivity contribution in [3.63, 3.8) is 0 Å². The number of nitrogens with zero attached hydrogens (tertiary/aromatic N) is 2. The van der Waals surface area contributed by atoms with Crippen molar-refractivity contribution < 1.29 is 23.8 Å². The van der Waals surface area contributed by atoms with Gasteiger partial charge in [-0.05, 0) is 67.6 Å². The van der Waals surface area contributed by atoms with Crippen molar-refractivity contribution in [2.24, 2.45) is 0 Å². The molecule has 2 N–H and O–H groups in total. The maximum atomic E-state index is 12.2. The highest BCUT2D eigenvalue weighted by molar-refractivity contribution is 5.99. The third kappa shape index (κ3) is 6.92. The van der Waals surface area contributed by atoms with E-state index in [0.717, 1.165) is 42.6 Å². The molecule has 9 nitrogen and oxygen atoms in total. The van der Waals surface area contributed by atoms with Crippen molar-refractivity contribution in [1.82, 2.24) is 9.97 Å². The van der Waals surface area contributed by atoms with Crippen molar-refractivity contribution in [1.29, 1.82) is 0 Å². The average Bonchev–Trinajstić information content (AvgIpc) is 2.86. The van der Waals surface area contributed by atoms with Crippen LogP contribution in [-0.4, -0.2) is 41.3 Å². The number of ether oxygens (including phenoxy) is 3. The first-order valence-electron chi connectivity index (χ1n) is 11.5. The molecule has 35 heavy (non-hydrogen) atoms. The van der Waals surface area contributed by atoms with Crippen LogP contribution in [0, 0.1) is 0 Å². The Morgan fingerprint density at radius 1 is 0.800 bits per heavy atom. The van der Waals surface area contributed by atoms with E-state index in [1.807, 2.05) is 24.3 Å². The lowest BCUT2D eigenvalue weighted by Crippen LogP contribution is -2.29. The van der Waals surface area contributed by atoms with E-state index in [-0.39, 0.29) is 24.2 Å². The molecule has 2 aromatic carbocycles. The Hall–Kier alpha value is -4.14. The number of carbonyl (C=O) groups excluding carboxylic acids is 2. The summed E-state index contributed by atoms with van der Waals surface area (Å²) in [6.07, 6.45) is 6.57. The third-order valence-corrected chi connectivity index (χ3v) is 5.68. The predicted molar refractivity (Wildman–Crippen MR) is 132 cm³/mol. The highest BCUT2D eigenvalue weighted by atomic mass is 16.5. The van der Waals surface area contributed by atoms with Crippen LogP contribution in [0.15, 0.2) is 60.9 Å². The van der Waals surface area contributed by atoms with Gasteiger partial charge in [0.25, 0.3) is 0 Å². The van der Waals surface area contributed by atoms with Crippen LogP contribution < -0.4 is 20.1 Å². The zero-order chi connectivity index (χ0) is 24.6. The number of hydrogen-bond acceptors (Lipinski definition) is 7. The SMILES string of the molecule is COc1ccc(NC(=O)Nc2ccc(-c3cnc(OC4CCC(OC(C)=O)CC4)nc3)cc2)cc1. The fraction of sp³-hybridized carbons (Fsp3) is 0.308. The van der Waals surface area contributed by atoms with Gasteiger partial charge in [-0.3, -0.25) is 4.79 Å². The second-order valence-electron chi connectivity index (χ2n) is 8.27. The Kier molecular flexibility index (Phi) is 7.77. The number of anilines is 2. The summed E-state index contributed by atoms with van der Waals surface area (Å²) < 4.78 is 16.3. The van der Waals surface area contributed by atoms with Crippen LogP contribution in [0.25, 0.3) is 11.1 Å². The number of esters is 1. The van der Waals surface area contributed by atoms with Gasteiger partial charge in [-0.15, -0.1) is 0 Å². The molecule has 1 aliphatic rings. The molecule has 1 aromatic heterocycles. The molecular weight excluding hydrogens is 448 g/mol. The molecule has 182 valence electrons. The molecule has 0 aliphatic heterocycles. The predicted octanol–water partition coefficient (Wildman–Crippen LogP) is 5.05. The smallest absolute Gasteiger partial charge is 0.323 e. The Bertz CT molecular complexity index is 1130. The second-order valence-corrected chi connectivity index (χ2v) is 8.27. The van der Waals surface area contributed by atoms with Crippen LogP contribution in [0.4, 0.5) is 16.2 Å². The number of rotatable bonds is 7. The summed E-state index contributed by atoms with van der Waals surface area (Å²) in [5.74, 6) is 0.479. The number of urea groups is 1. The molecule has 1 saturated carbocycles. The lowest BCUT2D eigenvalue weighted by Gasteiger charge is -2.27. The number of amides is 2. The Morgan fingerprint density at radius 3 is 1.89 bits per heavy atom. The minimum atomic E-state index is -0.338. The van der Waals surface area contributed by atoms with Gasteiger partial charge in [-0.2, -0.15) is 0 Å². The molecule has 1 aliphatic carbocycles. The summed E-state index contributed by atoms with van der Waals surface area (Å²) in [4.78, 5) is 32.0. The Morgan fingerprint density at radius 2 is 1.34 bits per heavy atom. The van der Waals surface area contributed by atoms with E-state index < -0.39 is 0 Å². The number of carbonyl (C=O) groups is 2. The van der Waals surface area contributed by atoms with E-state index in [4.69, 9.17) is 14.2 Å². The average molecular weight is 477 g/mol. The van der Waals surface area contributed by atoms with Gasteiger partial charge >= 0.3 is 18.0 Å². The zero-order valence-corrected chi connectivity index (χ0v) is 19.7. The molecule has 4 rings (SSSR count). The van der Waals surface area contributed by atoms with Gasteiger partial charge in [0.05, 0.1) is 7.11 Å². The molecule has 0 unspecified atom stereocenters. The summed E-state index contributed by atoms with van der Waals surface area (Å²) in [6.45, 7) is 1.43. The molecule has 2 amide bonds. The highest BCUT2D eigenvalue weighted by Gasteiger charge is 2.24. The van der Waals surface area contributed by atoms with Crippen LogP contribution in [0.1, 0.15) is 32.6 Å². The van der Waals surface area contributed by atoms with Crippen LogP contribution >= 0.6 is 0 Å². The monoisotopic (exact) mass is 476 g/mol. The summed E-state index contributed by atoms with van der Waals surface area (Å²) in [5, 5.41) is 5.58. The molecule has 1 fully saturated rings. The minimum absolute atomic E-state index is 0.0158. The normalized spacial score (nSPS) is 17.2. The first-order valence-corrected chi connectivity index (χ1v) is 11.5. The number of methoxy groups -OCH3 is 1. The minimum Gasteiger partial charge on any atom is -0.497 e. The third-order valence-electron chi connectivity index (χ3n) is 5.68.